The van der Waals surface area contributed by atoms with Gasteiger partial charge in [-0.2, -0.15) is 0 Å². The fraction of sp³-hybridized carbons (Fsp3) is 0.368. The fourth-order valence-corrected chi connectivity index (χ4v) is 2.11. The summed E-state index contributed by atoms with van der Waals surface area (Å²) < 4.78 is 11.1. The lowest BCUT2D eigenvalue weighted by Crippen LogP contribution is -2.31. The minimum absolute atomic E-state index is 0.179. The Hall–Kier alpha value is -2.04. The Kier molecular flexibility index (Phi) is 6.91. The van der Waals surface area contributed by atoms with E-state index in [-0.39, 0.29) is 12.7 Å². The zero-order chi connectivity index (χ0) is 16.5. The van der Waals surface area contributed by atoms with E-state index in [1.165, 1.54) is 0 Å². The van der Waals surface area contributed by atoms with E-state index in [9.17, 15) is 5.11 Å². The molecule has 2 aromatic carbocycles. The number of benzene rings is 2. The normalized spacial score (nSPS) is 12.2. The summed E-state index contributed by atoms with van der Waals surface area (Å²) in [5.41, 5.74) is 1.15. The van der Waals surface area contributed by atoms with Crippen molar-refractivity contribution in [3.05, 3.63) is 60.2 Å². The summed E-state index contributed by atoms with van der Waals surface area (Å²) in [6.45, 7) is 5.47. The third kappa shape index (κ3) is 6.72. The van der Waals surface area contributed by atoms with Gasteiger partial charge in [-0.3, -0.25) is 0 Å². The number of ether oxygens (including phenoxy) is 2. The molecule has 0 aliphatic carbocycles. The number of rotatable bonds is 9. The second-order valence-corrected chi connectivity index (χ2v) is 5.72. The van der Waals surface area contributed by atoms with Crippen molar-refractivity contribution in [2.75, 3.05) is 13.2 Å². The number of nitrogens with one attached hydrogen (secondary N) is 1. The highest BCUT2D eigenvalue weighted by Crippen LogP contribution is 2.13. The minimum atomic E-state index is -0.543. The van der Waals surface area contributed by atoms with Crippen LogP contribution < -0.4 is 14.8 Å². The fourth-order valence-electron chi connectivity index (χ4n) is 2.11. The zero-order valence-corrected chi connectivity index (χ0v) is 13.7. The predicted molar refractivity (Wildman–Crippen MR) is 91.9 cm³/mol. The van der Waals surface area contributed by atoms with Crippen molar-refractivity contribution in [3.8, 4) is 11.5 Å². The molecule has 0 saturated carbocycles. The summed E-state index contributed by atoms with van der Waals surface area (Å²) in [7, 11) is 0. The van der Waals surface area contributed by atoms with E-state index in [4.69, 9.17) is 9.47 Å². The van der Waals surface area contributed by atoms with Crippen molar-refractivity contribution in [1.82, 2.24) is 5.32 Å². The first kappa shape index (κ1) is 17.3. The zero-order valence-electron chi connectivity index (χ0n) is 13.7. The molecule has 0 spiro atoms. The van der Waals surface area contributed by atoms with Gasteiger partial charge in [0.2, 0.25) is 0 Å². The van der Waals surface area contributed by atoms with Gasteiger partial charge in [0.05, 0.1) is 6.10 Å². The molecule has 0 aliphatic heterocycles. The van der Waals surface area contributed by atoms with Crippen LogP contribution in [0.3, 0.4) is 0 Å². The van der Waals surface area contributed by atoms with Crippen LogP contribution >= 0.6 is 0 Å². The van der Waals surface area contributed by atoms with E-state index in [0.29, 0.717) is 13.1 Å². The second-order valence-electron chi connectivity index (χ2n) is 5.72. The minimum Gasteiger partial charge on any atom is -0.491 e. The molecule has 1 atom stereocenters. The summed E-state index contributed by atoms with van der Waals surface area (Å²) >= 11 is 0. The molecule has 4 nitrogen and oxygen atoms in total. The average Bonchev–Trinajstić information content (AvgIpc) is 2.55. The third-order valence-electron chi connectivity index (χ3n) is 3.19. The summed E-state index contributed by atoms with van der Waals surface area (Å²) in [5, 5.41) is 13.2. The van der Waals surface area contributed by atoms with E-state index in [1.54, 1.807) is 0 Å². The Labute approximate surface area is 138 Å². The molecule has 2 aromatic rings. The lowest BCUT2D eigenvalue weighted by atomic mass is 10.2. The van der Waals surface area contributed by atoms with Gasteiger partial charge in [-0.1, -0.05) is 30.3 Å². The van der Waals surface area contributed by atoms with Crippen LogP contribution in [0.4, 0.5) is 0 Å². The number of hydrogen-bond donors (Lipinski definition) is 2. The molecule has 0 saturated heterocycles. The molecule has 0 aromatic heterocycles. The van der Waals surface area contributed by atoms with Crippen LogP contribution in [0.2, 0.25) is 0 Å². The maximum Gasteiger partial charge on any atom is 0.119 e. The van der Waals surface area contributed by atoms with Crippen molar-refractivity contribution in [1.29, 1.82) is 0 Å². The number of hydrogen-bond acceptors (Lipinski definition) is 4. The summed E-state index contributed by atoms with van der Waals surface area (Å²) in [5.74, 6) is 1.65. The monoisotopic (exact) mass is 315 g/mol. The van der Waals surface area contributed by atoms with Gasteiger partial charge in [-0.05, 0) is 43.7 Å². The Bertz CT molecular complexity index is 555. The second kappa shape index (κ2) is 9.18. The summed E-state index contributed by atoms with van der Waals surface area (Å²) in [6.07, 6.45) is -0.363. The maximum absolute atomic E-state index is 9.92. The van der Waals surface area contributed by atoms with Gasteiger partial charge in [-0.25, -0.2) is 0 Å². The number of aliphatic hydroxyl groups is 1. The summed E-state index contributed by atoms with van der Waals surface area (Å²) in [4.78, 5) is 0. The van der Waals surface area contributed by atoms with Gasteiger partial charge in [0.1, 0.15) is 24.2 Å². The first-order valence-electron chi connectivity index (χ1n) is 7.95. The van der Waals surface area contributed by atoms with Crippen molar-refractivity contribution < 1.29 is 14.6 Å². The highest BCUT2D eigenvalue weighted by atomic mass is 16.5. The predicted octanol–water partition coefficient (Wildman–Crippen LogP) is 3.00. The van der Waals surface area contributed by atoms with E-state index in [2.05, 4.69) is 5.32 Å². The van der Waals surface area contributed by atoms with Crippen LogP contribution in [0.25, 0.3) is 0 Å². The van der Waals surface area contributed by atoms with Crippen LogP contribution in [-0.2, 0) is 6.54 Å². The standard InChI is InChI=1S/C19H25NO3/c1-15(2)23-19-10-8-16(9-11-19)12-20-13-17(21)14-22-18-6-4-3-5-7-18/h3-11,15,17,20-21H,12-14H2,1-2H3. The molecule has 0 bridgehead atoms. The summed E-state index contributed by atoms with van der Waals surface area (Å²) in [6, 6.07) is 17.5. The molecule has 2 N–H and O–H groups in total. The first-order valence-corrected chi connectivity index (χ1v) is 7.95. The van der Waals surface area contributed by atoms with Crippen LogP contribution in [0.5, 0.6) is 11.5 Å². The van der Waals surface area contributed by atoms with Crippen LogP contribution in [0.1, 0.15) is 19.4 Å². The topological polar surface area (TPSA) is 50.7 Å². The number of para-hydroxylation sites is 1. The molecule has 4 heteroatoms. The molecule has 0 radical (unpaired) electrons. The molecule has 0 heterocycles. The molecule has 1 unspecified atom stereocenters. The quantitative estimate of drug-likeness (QED) is 0.747. The largest absolute Gasteiger partial charge is 0.491 e. The molecule has 2 rings (SSSR count). The van der Waals surface area contributed by atoms with Crippen molar-refractivity contribution in [2.45, 2.75) is 32.6 Å². The molecule has 124 valence electrons. The van der Waals surface area contributed by atoms with Gasteiger partial charge >= 0.3 is 0 Å². The smallest absolute Gasteiger partial charge is 0.119 e. The van der Waals surface area contributed by atoms with Gasteiger partial charge in [0, 0.05) is 13.1 Å². The highest BCUT2D eigenvalue weighted by Gasteiger charge is 2.05. The van der Waals surface area contributed by atoms with E-state index in [0.717, 1.165) is 17.1 Å². The molecule has 0 fully saturated rings. The van der Waals surface area contributed by atoms with Crippen LogP contribution in [0, 0.1) is 0 Å². The Morgan fingerprint density at radius 1 is 0.957 bits per heavy atom. The van der Waals surface area contributed by atoms with Crippen molar-refractivity contribution in [3.63, 3.8) is 0 Å². The Morgan fingerprint density at radius 3 is 2.30 bits per heavy atom. The van der Waals surface area contributed by atoms with Crippen LogP contribution in [0.15, 0.2) is 54.6 Å². The van der Waals surface area contributed by atoms with Crippen LogP contribution in [-0.4, -0.2) is 30.5 Å². The molecule has 23 heavy (non-hydrogen) atoms. The highest BCUT2D eigenvalue weighted by molar-refractivity contribution is 5.27. The molecule has 0 amide bonds. The van der Waals surface area contributed by atoms with Gasteiger partial charge in [0.15, 0.2) is 0 Å². The van der Waals surface area contributed by atoms with Crippen molar-refractivity contribution >= 4 is 0 Å². The van der Waals surface area contributed by atoms with E-state index in [1.807, 2.05) is 68.4 Å². The molecular formula is C19H25NO3. The lowest BCUT2D eigenvalue weighted by Gasteiger charge is -2.14. The average molecular weight is 315 g/mol. The van der Waals surface area contributed by atoms with Gasteiger partial charge < -0.3 is 19.9 Å². The van der Waals surface area contributed by atoms with Gasteiger partial charge in [-0.15, -0.1) is 0 Å². The lowest BCUT2D eigenvalue weighted by molar-refractivity contribution is 0.106. The number of aliphatic hydroxyl groups excluding tert-OH is 1. The molecular weight excluding hydrogens is 290 g/mol. The van der Waals surface area contributed by atoms with Gasteiger partial charge in [0.25, 0.3) is 0 Å². The third-order valence-corrected chi connectivity index (χ3v) is 3.19. The maximum atomic E-state index is 9.92. The molecule has 0 aliphatic rings. The SMILES string of the molecule is CC(C)Oc1ccc(CNCC(O)COc2ccccc2)cc1. The van der Waals surface area contributed by atoms with E-state index < -0.39 is 6.10 Å². The van der Waals surface area contributed by atoms with Crippen molar-refractivity contribution in [2.24, 2.45) is 0 Å². The Morgan fingerprint density at radius 2 is 1.65 bits per heavy atom. The Balaban J connectivity index is 1.66. The van der Waals surface area contributed by atoms with E-state index >= 15 is 0 Å². The first-order chi connectivity index (χ1) is 11.1.